The maximum atomic E-state index is 12.7. The van der Waals surface area contributed by atoms with Crippen molar-refractivity contribution in [1.82, 2.24) is 9.97 Å². The van der Waals surface area contributed by atoms with Gasteiger partial charge in [0, 0.05) is 16.6 Å². The number of aromatic nitrogens is 2. The molecule has 5 heteroatoms. The first kappa shape index (κ1) is 15.6. The molecule has 124 valence electrons. The number of rotatable bonds is 4. The van der Waals surface area contributed by atoms with Gasteiger partial charge in [0.05, 0.1) is 11.4 Å². The predicted molar refractivity (Wildman–Crippen MR) is 104 cm³/mol. The number of para-hydroxylation sites is 1. The lowest BCUT2D eigenvalue weighted by molar-refractivity contribution is 0.793. The minimum Gasteiger partial charge on any atom is -0.375 e. The van der Waals surface area contributed by atoms with Gasteiger partial charge in [-0.15, -0.1) is 11.3 Å². The highest BCUT2D eigenvalue weighted by Gasteiger charge is 2.15. The van der Waals surface area contributed by atoms with Crippen LogP contribution in [-0.2, 0) is 0 Å². The normalized spacial score (nSPS) is 12.2. The summed E-state index contributed by atoms with van der Waals surface area (Å²) in [5.74, 6) is 0.641. The minimum absolute atomic E-state index is 0.0955. The first-order chi connectivity index (χ1) is 12.2. The molecule has 2 aromatic heterocycles. The van der Waals surface area contributed by atoms with Crippen LogP contribution in [0.25, 0.3) is 21.3 Å². The van der Waals surface area contributed by atoms with Gasteiger partial charge in [0.2, 0.25) is 0 Å². The molecule has 2 heterocycles. The van der Waals surface area contributed by atoms with Gasteiger partial charge in [-0.2, -0.15) is 0 Å². The van der Waals surface area contributed by atoms with Gasteiger partial charge in [0.1, 0.15) is 10.7 Å². The lowest BCUT2D eigenvalue weighted by Gasteiger charge is -2.14. The van der Waals surface area contributed by atoms with Crippen molar-refractivity contribution < 1.29 is 0 Å². The zero-order valence-electron chi connectivity index (χ0n) is 13.7. The molecule has 0 fully saturated rings. The van der Waals surface area contributed by atoms with Crippen molar-refractivity contribution >= 4 is 27.2 Å². The lowest BCUT2D eigenvalue weighted by Crippen LogP contribution is -2.17. The fraction of sp³-hybridized carbons (Fsp3) is 0.100. The van der Waals surface area contributed by atoms with Gasteiger partial charge < -0.3 is 10.3 Å². The van der Waals surface area contributed by atoms with Crippen molar-refractivity contribution in [1.29, 1.82) is 0 Å². The van der Waals surface area contributed by atoms with Crippen LogP contribution in [0, 0.1) is 0 Å². The number of nitrogens with zero attached hydrogens (tertiary/aromatic N) is 1. The number of aromatic amines is 1. The molecule has 0 amide bonds. The highest BCUT2D eigenvalue weighted by atomic mass is 32.1. The van der Waals surface area contributed by atoms with E-state index in [9.17, 15) is 4.79 Å². The number of fused-ring (bicyclic) bond motifs is 1. The molecule has 0 saturated heterocycles. The molecule has 2 N–H and O–H groups in total. The van der Waals surface area contributed by atoms with Crippen LogP contribution in [0.4, 0.5) is 5.69 Å². The van der Waals surface area contributed by atoms with Gasteiger partial charge in [-0.3, -0.25) is 4.79 Å². The van der Waals surface area contributed by atoms with Crippen molar-refractivity contribution in [3.63, 3.8) is 0 Å². The van der Waals surface area contributed by atoms with E-state index in [-0.39, 0.29) is 11.6 Å². The third-order valence-corrected chi connectivity index (χ3v) is 4.99. The Hall–Kier alpha value is -2.92. The molecule has 4 nitrogen and oxygen atoms in total. The van der Waals surface area contributed by atoms with Crippen LogP contribution >= 0.6 is 11.3 Å². The molecular formula is C20H17N3OS. The van der Waals surface area contributed by atoms with E-state index in [1.54, 1.807) is 0 Å². The second kappa shape index (κ2) is 6.53. The van der Waals surface area contributed by atoms with E-state index in [1.807, 2.05) is 73.0 Å². The summed E-state index contributed by atoms with van der Waals surface area (Å²) < 4.78 is 0. The van der Waals surface area contributed by atoms with Gasteiger partial charge in [-0.05, 0) is 24.6 Å². The maximum absolute atomic E-state index is 12.7. The average Bonchev–Trinajstić information content (AvgIpc) is 3.08. The van der Waals surface area contributed by atoms with E-state index < -0.39 is 0 Å². The summed E-state index contributed by atoms with van der Waals surface area (Å²) in [5, 5.41) is 6.02. The summed E-state index contributed by atoms with van der Waals surface area (Å²) in [5.41, 5.74) is 2.87. The number of hydrogen-bond donors (Lipinski definition) is 2. The molecule has 0 spiro atoms. The number of benzene rings is 2. The van der Waals surface area contributed by atoms with Crippen molar-refractivity contribution in [2.24, 2.45) is 0 Å². The molecule has 0 radical (unpaired) electrons. The van der Waals surface area contributed by atoms with Crippen LogP contribution < -0.4 is 10.9 Å². The Morgan fingerprint density at radius 1 is 1.04 bits per heavy atom. The zero-order valence-corrected chi connectivity index (χ0v) is 14.5. The number of nitrogens with one attached hydrogen (secondary N) is 2. The molecule has 4 rings (SSSR count). The monoisotopic (exact) mass is 347 g/mol. The third kappa shape index (κ3) is 3.06. The molecular weight excluding hydrogens is 330 g/mol. The Balaban J connectivity index is 1.73. The molecule has 25 heavy (non-hydrogen) atoms. The summed E-state index contributed by atoms with van der Waals surface area (Å²) in [6, 6.07) is 19.7. The lowest BCUT2D eigenvalue weighted by atomic mass is 10.1. The number of H-pyrrole nitrogens is 1. The summed E-state index contributed by atoms with van der Waals surface area (Å²) in [6.07, 6.45) is 0. The first-order valence-electron chi connectivity index (χ1n) is 8.11. The second-order valence-electron chi connectivity index (χ2n) is 5.88. The second-order valence-corrected chi connectivity index (χ2v) is 6.74. The molecule has 2 aromatic carbocycles. The fourth-order valence-electron chi connectivity index (χ4n) is 2.85. The smallest absolute Gasteiger partial charge is 0.260 e. The zero-order chi connectivity index (χ0) is 17.2. The number of anilines is 1. The van der Waals surface area contributed by atoms with Crippen LogP contribution in [0.1, 0.15) is 18.8 Å². The molecule has 0 aliphatic rings. The van der Waals surface area contributed by atoms with Crippen molar-refractivity contribution in [3.8, 4) is 11.1 Å². The van der Waals surface area contributed by atoms with Gasteiger partial charge in [0.15, 0.2) is 0 Å². The number of hydrogen-bond acceptors (Lipinski definition) is 4. The van der Waals surface area contributed by atoms with Crippen LogP contribution in [0.15, 0.2) is 70.8 Å². The van der Waals surface area contributed by atoms with Crippen molar-refractivity contribution in [2.75, 3.05) is 5.32 Å². The van der Waals surface area contributed by atoms with Gasteiger partial charge in [-0.1, -0.05) is 48.5 Å². The minimum atomic E-state index is -0.0956. The number of thiophene rings is 1. The molecule has 1 atom stereocenters. The fourth-order valence-corrected chi connectivity index (χ4v) is 3.81. The average molecular weight is 347 g/mol. The molecule has 0 aliphatic heterocycles. The Morgan fingerprint density at radius 3 is 2.44 bits per heavy atom. The van der Waals surface area contributed by atoms with Crippen LogP contribution in [-0.4, -0.2) is 9.97 Å². The van der Waals surface area contributed by atoms with Crippen molar-refractivity contribution in [2.45, 2.75) is 13.0 Å². The van der Waals surface area contributed by atoms with E-state index in [2.05, 4.69) is 15.3 Å². The molecule has 0 aliphatic carbocycles. The SMILES string of the molecule is C[C@H](Nc1ccccc1)c1nc2scc(-c3ccccc3)c2c(=O)[nH]1. The van der Waals surface area contributed by atoms with Gasteiger partial charge in [-0.25, -0.2) is 4.98 Å². The quantitative estimate of drug-likeness (QED) is 0.556. The summed E-state index contributed by atoms with van der Waals surface area (Å²) in [7, 11) is 0. The van der Waals surface area contributed by atoms with Gasteiger partial charge in [0.25, 0.3) is 5.56 Å². The van der Waals surface area contributed by atoms with Gasteiger partial charge >= 0.3 is 0 Å². The molecule has 0 bridgehead atoms. The van der Waals surface area contributed by atoms with E-state index in [0.717, 1.165) is 21.6 Å². The van der Waals surface area contributed by atoms with Crippen molar-refractivity contribution in [3.05, 3.63) is 82.2 Å². The Labute approximate surface area is 149 Å². The highest BCUT2D eigenvalue weighted by molar-refractivity contribution is 7.17. The largest absolute Gasteiger partial charge is 0.375 e. The summed E-state index contributed by atoms with van der Waals surface area (Å²) >= 11 is 1.50. The van der Waals surface area contributed by atoms with Crippen LogP contribution in [0.5, 0.6) is 0 Å². The molecule has 0 unspecified atom stereocenters. The topological polar surface area (TPSA) is 57.8 Å². The highest BCUT2D eigenvalue weighted by Crippen LogP contribution is 2.31. The molecule has 4 aromatic rings. The molecule has 0 saturated carbocycles. The first-order valence-corrected chi connectivity index (χ1v) is 8.99. The summed E-state index contributed by atoms with van der Waals surface area (Å²) in [4.78, 5) is 21.1. The Morgan fingerprint density at radius 2 is 1.72 bits per heavy atom. The van der Waals surface area contributed by atoms with E-state index in [1.165, 1.54) is 11.3 Å². The predicted octanol–water partition coefficient (Wildman–Crippen LogP) is 4.82. The van der Waals surface area contributed by atoms with E-state index in [4.69, 9.17) is 0 Å². The summed E-state index contributed by atoms with van der Waals surface area (Å²) in [6.45, 7) is 1.99. The van der Waals surface area contributed by atoms with E-state index >= 15 is 0 Å². The maximum Gasteiger partial charge on any atom is 0.260 e. The van der Waals surface area contributed by atoms with E-state index in [0.29, 0.717) is 11.2 Å². The van der Waals surface area contributed by atoms with Crippen LogP contribution in [0.2, 0.25) is 0 Å². The Kier molecular flexibility index (Phi) is 4.07. The van der Waals surface area contributed by atoms with Crippen LogP contribution in [0.3, 0.4) is 0 Å². The Bertz CT molecular complexity index is 1050. The third-order valence-electron chi connectivity index (χ3n) is 4.11. The standard InChI is InChI=1S/C20H17N3OS/c1-13(21-15-10-6-3-7-11-15)18-22-19(24)17-16(12-25-20(17)23-18)14-8-4-2-5-9-14/h2-13,21H,1H3,(H,22,23,24)/t13-/m0/s1.